The van der Waals surface area contributed by atoms with Gasteiger partial charge in [0.05, 0.1) is 0 Å². The quantitative estimate of drug-likeness (QED) is 0.212. The number of aliphatic imine (C=N–C) groups is 1. The highest BCUT2D eigenvalue weighted by Crippen LogP contribution is 2.27. The lowest BCUT2D eigenvalue weighted by Crippen LogP contribution is -2.42. The molecule has 2 rings (SSSR count). The number of hydrogen-bond acceptors (Lipinski definition) is 4. The number of nitrogens with one attached hydrogen (secondary N) is 1. The molecule has 0 aromatic heterocycles. The second-order valence-corrected chi connectivity index (χ2v) is 7.59. The highest BCUT2D eigenvalue weighted by Gasteiger charge is 2.39. The molecule has 0 unspecified atom stereocenters. The summed E-state index contributed by atoms with van der Waals surface area (Å²) >= 11 is 0. The van der Waals surface area contributed by atoms with Crippen molar-refractivity contribution in [2.75, 3.05) is 19.6 Å². The molecule has 0 spiro atoms. The second kappa shape index (κ2) is 11.8. The normalized spacial score (nSPS) is 18.3. The summed E-state index contributed by atoms with van der Waals surface area (Å²) in [4.78, 5) is 41.8. The van der Waals surface area contributed by atoms with Gasteiger partial charge in [-0.2, -0.15) is 0 Å². The van der Waals surface area contributed by atoms with E-state index in [1.807, 2.05) is 18.2 Å². The monoisotopic (exact) mass is 416 g/mol. The van der Waals surface area contributed by atoms with Crippen molar-refractivity contribution in [1.29, 1.82) is 0 Å². The van der Waals surface area contributed by atoms with E-state index >= 15 is 0 Å². The first-order valence-electron chi connectivity index (χ1n) is 10.3. The van der Waals surface area contributed by atoms with Crippen molar-refractivity contribution in [2.45, 2.75) is 44.6 Å². The van der Waals surface area contributed by atoms with Crippen LogP contribution in [0.4, 0.5) is 0 Å². The van der Waals surface area contributed by atoms with E-state index in [0.29, 0.717) is 38.9 Å². The number of guanidine groups is 1. The van der Waals surface area contributed by atoms with Gasteiger partial charge in [-0.1, -0.05) is 30.3 Å². The molecular weight excluding hydrogens is 384 g/mol. The van der Waals surface area contributed by atoms with Crippen LogP contribution in [0.1, 0.15) is 37.7 Å². The first kappa shape index (κ1) is 23.2. The Labute approximate surface area is 177 Å². The van der Waals surface area contributed by atoms with E-state index in [4.69, 9.17) is 17.2 Å². The highest BCUT2D eigenvalue weighted by atomic mass is 16.2. The Morgan fingerprint density at radius 3 is 2.53 bits per heavy atom. The number of nitrogens with zero attached hydrogens (tertiary/aromatic N) is 2. The Bertz CT molecular complexity index is 748. The maximum Gasteiger partial charge on any atom is 0.226 e. The first-order valence-corrected chi connectivity index (χ1v) is 10.3. The molecular formula is C21H32N6O3. The van der Waals surface area contributed by atoms with Gasteiger partial charge in [0.25, 0.3) is 0 Å². The molecule has 9 nitrogen and oxygen atoms in total. The van der Waals surface area contributed by atoms with Crippen molar-refractivity contribution in [3.63, 3.8) is 0 Å². The molecule has 164 valence electrons. The minimum Gasteiger partial charge on any atom is -0.370 e. The molecule has 1 heterocycles. The zero-order valence-corrected chi connectivity index (χ0v) is 17.3. The fourth-order valence-electron chi connectivity index (χ4n) is 3.74. The zero-order valence-electron chi connectivity index (χ0n) is 17.3. The molecule has 2 atom stereocenters. The molecule has 0 saturated carbocycles. The summed E-state index contributed by atoms with van der Waals surface area (Å²) in [6.07, 6.45) is 3.06. The number of likely N-dealkylation sites (tertiary alicyclic amines) is 1. The molecule has 9 heteroatoms. The van der Waals surface area contributed by atoms with Crippen molar-refractivity contribution < 1.29 is 14.4 Å². The topological polar surface area (TPSA) is 157 Å². The molecule has 0 radical (unpaired) electrons. The molecule has 1 aromatic carbocycles. The minimum absolute atomic E-state index is 0.00603. The summed E-state index contributed by atoms with van der Waals surface area (Å²) in [7, 11) is 0. The van der Waals surface area contributed by atoms with Crippen molar-refractivity contribution >= 4 is 23.7 Å². The Balaban J connectivity index is 1.87. The predicted molar refractivity (Wildman–Crippen MR) is 115 cm³/mol. The third-order valence-electron chi connectivity index (χ3n) is 5.18. The number of primary amides is 1. The largest absolute Gasteiger partial charge is 0.370 e. The van der Waals surface area contributed by atoms with Gasteiger partial charge in [0, 0.05) is 44.4 Å². The smallest absolute Gasteiger partial charge is 0.226 e. The van der Waals surface area contributed by atoms with Crippen LogP contribution < -0.4 is 22.5 Å². The number of hydrogen-bond donors (Lipinski definition) is 4. The van der Waals surface area contributed by atoms with Crippen LogP contribution in [0.15, 0.2) is 35.3 Å². The van der Waals surface area contributed by atoms with E-state index in [1.54, 1.807) is 4.90 Å². The van der Waals surface area contributed by atoms with Crippen molar-refractivity contribution in [3.8, 4) is 0 Å². The average molecular weight is 417 g/mol. The van der Waals surface area contributed by atoms with Gasteiger partial charge >= 0.3 is 0 Å². The maximum atomic E-state index is 12.8. The lowest BCUT2D eigenvalue weighted by atomic mass is 10.0. The van der Waals surface area contributed by atoms with Crippen LogP contribution >= 0.6 is 0 Å². The van der Waals surface area contributed by atoms with Gasteiger partial charge in [0.15, 0.2) is 5.96 Å². The van der Waals surface area contributed by atoms with Crippen LogP contribution in [-0.4, -0.2) is 54.3 Å². The van der Waals surface area contributed by atoms with E-state index < -0.39 is 11.8 Å². The summed E-state index contributed by atoms with van der Waals surface area (Å²) in [5.41, 5.74) is 17.0. The number of benzene rings is 1. The SMILES string of the molecule is NC(=O)C[C@@H]1C[C@@H](CNC(=O)CCCN=C(N)N)N(CCCc2ccccc2)C1=O. The Morgan fingerprint density at radius 1 is 1.13 bits per heavy atom. The summed E-state index contributed by atoms with van der Waals surface area (Å²) in [5.74, 6) is -1.07. The van der Waals surface area contributed by atoms with Gasteiger partial charge in [0.2, 0.25) is 17.7 Å². The zero-order chi connectivity index (χ0) is 21.9. The number of carbonyl (C=O) groups excluding carboxylic acids is 3. The summed E-state index contributed by atoms with van der Waals surface area (Å²) < 4.78 is 0. The molecule has 30 heavy (non-hydrogen) atoms. The molecule has 3 amide bonds. The van der Waals surface area contributed by atoms with Crippen LogP contribution in [0.3, 0.4) is 0 Å². The van der Waals surface area contributed by atoms with Crippen LogP contribution in [0.2, 0.25) is 0 Å². The number of nitrogens with two attached hydrogens (primary N) is 3. The predicted octanol–water partition coefficient (Wildman–Crippen LogP) is -0.118. The first-order chi connectivity index (χ1) is 14.4. The lowest BCUT2D eigenvalue weighted by molar-refractivity contribution is -0.134. The molecule has 1 aromatic rings. The third kappa shape index (κ3) is 7.73. The highest BCUT2D eigenvalue weighted by molar-refractivity contribution is 5.87. The average Bonchev–Trinajstić information content (AvgIpc) is 2.99. The fraction of sp³-hybridized carbons (Fsp3) is 0.524. The van der Waals surface area contributed by atoms with Crippen molar-refractivity contribution in [3.05, 3.63) is 35.9 Å². The Kier molecular flexibility index (Phi) is 9.11. The van der Waals surface area contributed by atoms with Gasteiger partial charge in [-0.05, 0) is 31.2 Å². The molecule has 1 aliphatic rings. The van der Waals surface area contributed by atoms with Crippen LogP contribution in [-0.2, 0) is 20.8 Å². The number of amides is 3. The molecule has 1 saturated heterocycles. The summed E-state index contributed by atoms with van der Waals surface area (Å²) in [5, 5.41) is 2.89. The van der Waals surface area contributed by atoms with E-state index in [2.05, 4.69) is 22.4 Å². The molecule has 0 bridgehead atoms. The van der Waals surface area contributed by atoms with Crippen molar-refractivity contribution in [1.82, 2.24) is 10.2 Å². The van der Waals surface area contributed by atoms with Gasteiger partial charge in [-0.3, -0.25) is 19.4 Å². The third-order valence-corrected chi connectivity index (χ3v) is 5.18. The Morgan fingerprint density at radius 2 is 1.87 bits per heavy atom. The number of aryl methyl sites for hydroxylation is 1. The molecule has 7 N–H and O–H groups in total. The van der Waals surface area contributed by atoms with Gasteiger partial charge in [-0.25, -0.2) is 0 Å². The van der Waals surface area contributed by atoms with E-state index in [-0.39, 0.29) is 30.2 Å². The van der Waals surface area contributed by atoms with Gasteiger partial charge in [-0.15, -0.1) is 0 Å². The number of carbonyl (C=O) groups is 3. The minimum atomic E-state index is -0.484. The van der Waals surface area contributed by atoms with Gasteiger partial charge < -0.3 is 27.4 Å². The van der Waals surface area contributed by atoms with E-state index in [0.717, 1.165) is 12.8 Å². The van der Waals surface area contributed by atoms with Crippen LogP contribution in [0.5, 0.6) is 0 Å². The van der Waals surface area contributed by atoms with E-state index in [1.165, 1.54) is 5.56 Å². The summed E-state index contributed by atoms with van der Waals surface area (Å²) in [6.45, 7) is 1.32. The lowest BCUT2D eigenvalue weighted by Gasteiger charge is -2.25. The standard InChI is InChI=1S/C21H32N6O3/c22-18(28)13-16-12-17(14-26-19(29)9-4-10-25-21(23)24)27(20(16)30)11-5-8-15-6-2-1-3-7-15/h1-3,6-7,16-17H,4-5,8-14H2,(H2,22,28)(H,26,29)(H4,23,24,25)/t16-,17-/m0/s1. The van der Waals surface area contributed by atoms with E-state index in [9.17, 15) is 14.4 Å². The maximum absolute atomic E-state index is 12.8. The van der Waals surface area contributed by atoms with Crippen LogP contribution in [0.25, 0.3) is 0 Å². The Hall–Kier alpha value is -3.10. The number of rotatable bonds is 12. The van der Waals surface area contributed by atoms with Crippen molar-refractivity contribution in [2.24, 2.45) is 28.1 Å². The fourth-order valence-corrected chi connectivity index (χ4v) is 3.74. The van der Waals surface area contributed by atoms with Crippen LogP contribution in [0, 0.1) is 5.92 Å². The summed E-state index contributed by atoms with van der Waals surface area (Å²) in [6, 6.07) is 9.93. The second-order valence-electron chi connectivity index (χ2n) is 7.59. The molecule has 1 aliphatic heterocycles. The molecule has 1 fully saturated rings. The van der Waals surface area contributed by atoms with Gasteiger partial charge in [0.1, 0.15) is 0 Å². The molecule has 0 aliphatic carbocycles.